The van der Waals surface area contributed by atoms with Crippen molar-refractivity contribution in [3.05, 3.63) is 47.8 Å². The molecule has 0 aliphatic rings. The summed E-state index contributed by atoms with van der Waals surface area (Å²) in [6.07, 6.45) is 1.57. The van der Waals surface area contributed by atoms with Crippen molar-refractivity contribution in [2.45, 2.75) is 6.92 Å². The van der Waals surface area contributed by atoms with Gasteiger partial charge in [-0.05, 0) is 30.7 Å². The minimum atomic E-state index is -0.434. The molecular formula is C13H16FNO2. The van der Waals surface area contributed by atoms with E-state index in [1.165, 1.54) is 17.0 Å². The Bertz CT molecular complexity index is 398. The molecule has 0 aliphatic heterocycles. The quantitative estimate of drug-likeness (QED) is 0.793. The zero-order valence-electron chi connectivity index (χ0n) is 9.82. The van der Waals surface area contributed by atoms with E-state index >= 15 is 0 Å². The predicted octanol–water partition coefficient (Wildman–Crippen LogP) is 1.75. The fourth-order valence-corrected chi connectivity index (χ4v) is 1.59. The van der Waals surface area contributed by atoms with E-state index in [1.807, 2.05) is 0 Å². The highest BCUT2D eigenvalue weighted by Crippen LogP contribution is 2.11. The molecule has 0 aromatic heterocycles. The number of halogens is 1. The van der Waals surface area contributed by atoms with Gasteiger partial charge in [-0.3, -0.25) is 4.79 Å². The van der Waals surface area contributed by atoms with Crippen molar-refractivity contribution >= 4 is 5.91 Å². The van der Waals surface area contributed by atoms with Crippen LogP contribution in [0.1, 0.15) is 15.9 Å². The van der Waals surface area contributed by atoms with Crippen LogP contribution in [-0.2, 0) is 0 Å². The Kier molecular flexibility index (Phi) is 4.84. The zero-order valence-corrected chi connectivity index (χ0v) is 9.82. The van der Waals surface area contributed by atoms with E-state index in [4.69, 9.17) is 5.11 Å². The lowest BCUT2D eigenvalue weighted by molar-refractivity contribution is 0.0742. The fraction of sp³-hybridized carbons (Fsp3) is 0.308. The monoisotopic (exact) mass is 237 g/mol. The highest BCUT2D eigenvalue weighted by molar-refractivity contribution is 5.94. The van der Waals surface area contributed by atoms with Crippen LogP contribution < -0.4 is 0 Å². The van der Waals surface area contributed by atoms with Gasteiger partial charge in [-0.2, -0.15) is 0 Å². The van der Waals surface area contributed by atoms with Crippen LogP contribution in [0, 0.1) is 12.7 Å². The van der Waals surface area contributed by atoms with Gasteiger partial charge in [0.1, 0.15) is 5.82 Å². The van der Waals surface area contributed by atoms with Crippen molar-refractivity contribution in [3.63, 3.8) is 0 Å². The summed E-state index contributed by atoms with van der Waals surface area (Å²) in [4.78, 5) is 13.4. The number of aryl methyl sites for hydroxylation is 1. The number of aliphatic hydroxyl groups is 1. The maximum Gasteiger partial charge on any atom is 0.254 e. The standard InChI is InChI=1S/C13H16FNO2/c1-3-4-15(5-6-16)13(17)11-7-10(2)8-12(14)9-11/h3,7-9,16H,1,4-6H2,2H3. The molecule has 92 valence electrons. The van der Waals surface area contributed by atoms with E-state index < -0.39 is 5.82 Å². The average Bonchev–Trinajstić information content (AvgIpc) is 2.26. The second-order valence-corrected chi connectivity index (χ2v) is 3.78. The highest BCUT2D eigenvalue weighted by Gasteiger charge is 2.15. The van der Waals surface area contributed by atoms with Crippen LogP contribution in [0.2, 0.25) is 0 Å². The lowest BCUT2D eigenvalue weighted by atomic mass is 10.1. The number of rotatable bonds is 5. The van der Waals surface area contributed by atoms with E-state index in [9.17, 15) is 9.18 Å². The Morgan fingerprint density at radius 1 is 1.53 bits per heavy atom. The molecule has 0 bridgehead atoms. The van der Waals surface area contributed by atoms with Gasteiger partial charge in [-0.25, -0.2) is 4.39 Å². The van der Waals surface area contributed by atoms with Crippen molar-refractivity contribution in [2.75, 3.05) is 19.7 Å². The van der Waals surface area contributed by atoms with Gasteiger partial charge in [-0.15, -0.1) is 6.58 Å². The van der Waals surface area contributed by atoms with Gasteiger partial charge in [0.15, 0.2) is 0 Å². The van der Waals surface area contributed by atoms with Crippen LogP contribution >= 0.6 is 0 Å². The van der Waals surface area contributed by atoms with Crippen LogP contribution in [0.25, 0.3) is 0 Å². The van der Waals surface area contributed by atoms with Gasteiger partial charge in [0.25, 0.3) is 5.91 Å². The molecule has 1 aromatic rings. The third kappa shape index (κ3) is 3.67. The normalized spacial score (nSPS) is 10.1. The van der Waals surface area contributed by atoms with Crippen LogP contribution in [0.5, 0.6) is 0 Å². The Morgan fingerprint density at radius 2 is 2.24 bits per heavy atom. The molecule has 0 saturated carbocycles. The molecule has 0 unspecified atom stereocenters. The number of amides is 1. The molecule has 0 saturated heterocycles. The predicted molar refractivity (Wildman–Crippen MR) is 64.3 cm³/mol. The van der Waals surface area contributed by atoms with Crippen LogP contribution in [0.15, 0.2) is 30.9 Å². The summed E-state index contributed by atoms with van der Waals surface area (Å²) < 4.78 is 13.2. The molecule has 3 nitrogen and oxygen atoms in total. The van der Waals surface area contributed by atoms with Gasteiger partial charge < -0.3 is 10.0 Å². The molecule has 1 rings (SSSR count). The molecule has 1 N–H and O–H groups in total. The molecule has 1 aromatic carbocycles. The fourth-order valence-electron chi connectivity index (χ4n) is 1.59. The van der Waals surface area contributed by atoms with Crippen molar-refractivity contribution < 1.29 is 14.3 Å². The zero-order chi connectivity index (χ0) is 12.8. The SMILES string of the molecule is C=CCN(CCO)C(=O)c1cc(C)cc(F)c1. The molecule has 1 amide bonds. The smallest absolute Gasteiger partial charge is 0.254 e. The van der Waals surface area contributed by atoms with E-state index in [-0.39, 0.29) is 24.6 Å². The molecule has 4 heteroatoms. The number of hydrogen-bond donors (Lipinski definition) is 1. The number of carbonyl (C=O) groups is 1. The summed E-state index contributed by atoms with van der Waals surface area (Å²) in [6, 6.07) is 4.18. The van der Waals surface area contributed by atoms with Crippen molar-refractivity contribution in [1.82, 2.24) is 4.90 Å². The lowest BCUT2D eigenvalue weighted by Gasteiger charge is -2.20. The second kappa shape index (κ2) is 6.15. The third-order valence-electron chi connectivity index (χ3n) is 2.30. The Morgan fingerprint density at radius 3 is 2.76 bits per heavy atom. The lowest BCUT2D eigenvalue weighted by Crippen LogP contribution is -2.33. The Hall–Kier alpha value is -1.68. The Balaban J connectivity index is 2.95. The first-order valence-electron chi connectivity index (χ1n) is 5.36. The van der Waals surface area contributed by atoms with E-state index in [0.29, 0.717) is 12.1 Å². The minimum absolute atomic E-state index is 0.131. The number of nitrogens with zero attached hydrogens (tertiary/aromatic N) is 1. The topological polar surface area (TPSA) is 40.5 Å². The molecule has 0 fully saturated rings. The van der Waals surface area contributed by atoms with Crippen molar-refractivity contribution in [1.29, 1.82) is 0 Å². The number of benzene rings is 1. The molecule has 0 aliphatic carbocycles. The summed E-state index contributed by atoms with van der Waals surface area (Å²) >= 11 is 0. The third-order valence-corrected chi connectivity index (χ3v) is 2.30. The number of carbonyl (C=O) groups excluding carboxylic acids is 1. The molecule has 0 atom stereocenters. The second-order valence-electron chi connectivity index (χ2n) is 3.78. The van der Waals surface area contributed by atoms with E-state index in [0.717, 1.165) is 0 Å². The summed E-state index contributed by atoms with van der Waals surface area (Å²) in [5, 5.41) is 8.87. The minimum Gasteiger partial charge on any atom is -0.395 e. The summed E-state index contributed by atoms with van der Waals surface area (Å²) in [5.74, 6) is -0.738. The molecule has 0 radical (unpaired) electrons. The number of aliphatic hydroxyl groups excluding tert-OH is 1. The van der Waals surface area contributed by atoms with Crippen LogP contribution in [-0.4, -0.2) is 35.6 Å². The van der Waals surface area contributed by atoms with E-state index in [2.05, 4.69) is 6.58 Å². The summed E-state index contributed by atoms with van der Waals surface area (Å²) in [6.45, 7) is 5.68. The maximum absolute atomic E-state index is 13.2. The van der Waals surface area contributed by atoms with Crippen LogP contribution in [0.3, 0.4) is 0 Å². The molecular weight excluding hydrogens is 221 g/mol. The molecule has 17 heavy (non-hydrogen) atoms. The van der Waals surface area contributed by atoms with Crippen molar-refractivity contribution in [3.8, 4) is 0 Å². The Labute approximate surface area is 100 Å². The average molecular weight is 237 g/mol. The van der Waals surface area contributed by atoms with Gasteiger partial charge in [0, 0.05) is 18.7 Å². The largest absolute Gasteiger partial charge is 0.395 e. The van der Waals surface area contributed by atoms with Crippen molar-refractivity contribution in [2.24, 2.45) is 0 Å². The molecule has 0 heterocycles. The number of hydrogen-bond acceptors (Lipinski definition) is 2. The van der Waals surface area contributed by atoms with Gasteiger partial charge in [0.2, 0.25) is 0 Å². The first-order chi connectivity index (χ1) is 8.08. The van der Waals surface area contributed by atoms with Gasteiger partial charge in [-0.1, -0.05) is 6.08 Å². The maximum atomic E-state index is 13.2. The molecule has 0 spiro atoms. The van der Waals surface area contributed by atoms with E-state index in [1.54, 1.807) is 19.1 Å². The summed E-state index contributed by atoms with van der Waals surface area (Å²) in [7, 11) is 0. The first-order valence-corrected chi connectivity index (χ1v) is 5.36. The van der Waals surface area contributed by atoms with Gasteiger partial charge in [0.05, 0.1) is 6.61 Å². The van der Waals surface area contributed by atoms with Crippen LogP contribution in [0.4, 0.5) is 4.39 Å². The summed E-state index contributed by atoms with van der Waals surface area (Å²) in [5.41, 5.74) is 0.980. The first kappa shape index (κ1) is 13.4. The van der Waals surface area contributed by atoms with Gasteiger partial charge >= 0.3 is 0 Å². The highest BCUT2D eigenvalue weighted by atomic mass is 19.1.